The fourth-order valence-corrected chi connectivity index (χ4v) is 5.77. The normalized spacial score (nSPS) is 14.2. The first-order chi connectivity index (χ1) is 25.5. The van der Waals surface area contributed by atoms with Gasteiger partial charge in [-0.2, -0.15) is 26.3 Å². The maximum Gasteiger partial charge on any atom is 0.419 e. The second kappa shape index (κ2) is 18.8. The molecule has 0 aliphatic rings. The molecule has 0 fully saturated rings. The van der Waals surface area contributed by atoms with Gasteiger partial charge >= 0.3 is 24.3 Å². The highest BCUT2D eigenvalue weighted by Gasteiger charge is 2.36. The van der Waals surface area contributed by atoms with Gasteiger partial charge in [0.2, 0.25) is 0 Å². The Labute approximate surface area is 310 Å². The molecule has 4 atom stereocenters. The molecule has 4 aromatic rings. The summed E-state index contributed by atoms with van der Waals surface area (Å²) in [6.07, 6.45) is -10.5. The van der Waals surface area contributed by atoms with E-state index in [9.17, 15) is 35.9 Å². The molecular formula is C40H42F6N2O6. The van der Waals surface area contributed by atoms with Crippen LogP contribution < -0.4 is 9.47 Å². The van der Waals surface area contributed by atoms with Crippen molar-refractivity contribution in [3.05, 3.63) is 131 Å². The Morgan fingerprint density at radius 1 is 0.519 bits per heavy atom. The summed E-state index contributed by atoms with van der Waals surface area (Å²) in [5, 5.41) is 0. The number of carbonyl (C=O) groups excluding carboxylic acids is 2. The van der Waals surface area contributed by atoms with Gasteiger partial charge in [-0.05, 0) is 101 Å². The van der Waals surface area contributed by atoms with Crippen molar-refractivity contribution >= 4 is 11.9 Å². The van der Waals surface area contributed by atoms with Crippen molar-refractivity contribution < 1.29 is 54.9 Å². The molecule has 0 spiro atoms. The first-order valence-corrected chi connectivity index (χ1v) is 16.9. The van der Waals surface area contributed by atoms with E-state index in [4.69, 9.17) is 18.9 Å². The van der Waals surface area contributed by atoms with E-state index in [0.29, 0.717) is 12.8 Å². The molecule has 4 unspecified atom stereocenters. The van der Waals surface area contributed by atoms with Gasteiger partial charge in [-0.25, -0.2) is 9.59 Å². The van der Waals surface area contributed by atoms with Gasteiger partial charge in [-0.1, -0.05) is 60.7 Å². The minimum atomic E-state index is -4.51. The summed E-state index contributed by atoms with van der Waals surface area (Å²) in [6.45, 7) is -0.182. The molecule has 4 aromatic carbocycles. The van der Waals surface area contributed by atoms with E-state index in [1.165, 1.54) is 24.3 Å². The topological polar surface area (TPSA) is 77.5 Å². The third kappa shape index (κ3) is 12.5. The van der Waals surface area contributed by atoms with Crippen LogP contribution in [0.2, 0.25) is 0 Å². The fourth-order valence-electron chi connectivity index (χ4n) is 5.77. The number of hydrogen-bond acceptors (Lipinski definition) is 8. The molecule has 0 radical (unpaired) electrons. The summed E-state index contributed by atoms with van der Waals surface area (Å²) >= 11 is 0. The zero-order valence-electron chi connectivity index (χ0n) is 30.1. The largest absolute Gasteiger partial charge is 0.493 e. The lowest BCUT2D eigenvalue weighted by Crippen LogP contribution is -2.47. The van der Waals surface area contributed by atoms with E-state index in [0.717, 1.165) is 35.4 Å². The van der Waals surface area contributed by atoms with Crippen molar-refractivity contribution in [2.24, 2.45) is 11.8 Å². The highest BCUT2D eigenvalue weighted by Crippen LogP contribution is 2.32. The summed E-state index contributed by atoms with van der Waals surface area (Å²) in [5.41, 5.74) is 0.0481. The Morgan fingerprint density at radius 2 is 0.833 bits per heavy atom. The summed E-state index contributed by atoms with van der Waals surface area (Å²) in [6, 6.07) is 26.8. The molecule has 0 amide bonds. The van der Waals surface area contributed by atoms with Gasteiger partial charge in [0.25, 0.3) is 0 Å². The molecular weight excluding hydrogens is 718 g/mol. The van der Waals surface area contributed by atoms with E-state index in [2.05, 4.69) is 0 Å². The van der Waals surface area contributed by atoms with Crippen LogP contribution >= 0.6 is 0 Å². The van der Waals surface area contributed by atoms with Gasteiger partial charge in [0.15, 0.2) is 12.5 Å². The number of esters is 2. The molecule has 0 saturated heterocycles. The molecule has 14 heteroatoms. The number of benzene rings is 4. The minimum absolute atomic E-state index is 0.0911. The first-order valence-electron chi connectivity index (χ1n) is 16.9. The van der Waals surface area contributed by atoms with Crippen molar-refractivity contribution in [1.82, 2.24) is 9.80 Å². The SMILES string of the molecule is CN(C)C(OC(=O)C(=O)OC(C(COc1ccc(C(F)(F)F)cc1)Cc1ccccc1)N(C)C)C(COc1ccc(C(F)(F)F)cc1)Cc1ccccc1. The Kier molecular flexibility index (Phi) is 14.5. The van der Waals surface area contributed by atoms with Gasteiger partial charge < -0.3 is 18.9 Å². The van der Waals surface area contributed by atoms with Crippen LogP contribution in [0.25, 0.3) is 0 Å². The van der Waals surface area contributed by atoms with Crippen LogP contribution in [0.4, 0.5) is 26.3 Å². The molecule has 4 rings (SSSR count). The second-order valence-corrected chi connectivity index (χ2v) is 13.1. The predicted molar refractivity (Wildman–Crippen MR) is 188 cm³/mol. The van der Waals surface area contributed by atoms with E-state index in [1.54, 1.807) is 38.0 Å². The maximum atomic E-state index is 13.4. The van der Waals surface area contributed by atoms with Crippen LogP contribution in [-0.4, -0.2) is 75.6 Å². The predicted octanol–water partition coefficient (Wildman–Crippen LogP) is 7.76. The highest BCUT2D eigenvalue weighted by atomic mass is 19.4. The van der Waals surface area contributed by atoms with Crippen LogP contribution in [0.5, 0.6) is 11.5 Å². The number of ether oxygens (including phenoxy) is 4. The zero-order chi connectivity index (χ0) is 39.5. The fraction of sp³-hybridized carbons (Fsp3) is 0.350. The first kappa shape index (κ1) is 41.7. The third-order valence-electron chi connectivity index (χ3n) is 8.42. The summed E-state index contributed by atoms with van der Waals surface area (Å²) in [5.74, 6) is -3.46. The Bertz CT molecular complexity index is 1620. The number of carbonyl (C=O) groups is 2. The highest BCUT2D eigenvalue weighted by molar-refractivity contribution is 6.29. The smallest absolute Gasteiger partial charge is 0.419 e. The molecule has 0 N–H and O–H groups in total. The number of hydrogen-bond donors (Lipinski definition) is 0. The summed E-state index contributed by atoms with van der Waals surface area (Å²) in [4.78, 5) is 30.0. The quantitative estimate of drug-likeness (QED) is 0.0497. The molecule has 0 aliphatic carbocycles. The Balaban J connectivity index is 1.51. The lowest BCUT2D eigenvalue weighted by Gasteiger charge is -2.33. The van der Waals surface area contributed by atoms with Gasteiger partial charge in [-0.15, -0.1) is 0 Å². The number of halogens is 6. The molecule has 0 aliphatic heterocycles. The Morgan fingerprint density at radius 3 is 1.11 bits per heavy atom. The van der Waals surface area contributed by atoms with Crippen molar-refractivity contribution in [2.45, 2.75) is 37.7 Å². The average molecular weight is 761 g/mol. The second-order valence-electron chi connectivity index (χ2n) is 13.1. The molecule has 8 nitrogen and oxygen atoms in total. The van der Waals surface area contributed by atoms with E-state index >= 15 is 0 Å². The van der Waals surface area contributed by atoms with E-state index in [1.807, 2.05) is 60.7 Å². The number of alkyl halides is 6. The molecule has 0 saturated carbocycles. The van der Waals surface area contributed by atoms with Crippen LogP contribution in [0, 0.1) is 11.8 Å². The van der Waals surface area contributed by atoms with Crippen LogP contribution in [0.3, 0.4) is 0 Å². The maximum absolute atomic E-state index is 13.4. The standard InChI is InChI=1S/C40H42F6N2O6/c1-47(2)35(29(23-27-11-7-5-8-12-27)25-51-33-19-15-31(16-20-33)39(41,42)43)53-37(49)38(50)54-36(48(3)4)30(24-28-13-9-6-10-14-28)26-52-34-21-17-32(18-22-34)40(44,45)46/h5-22,29-30,35-36H,23-26H2,1-4H3. The zero-order valence-corrected chi connectivity index (χ0v) is 30.1. The minimum Gasteiger partial charge on any atom is -0.493 e. The van der Waals surface area contributed by atoms with Gasteiger partial charge in [0.1, 0.15) is 11.5 Å². The van der Waals surface area contributed by atoms with Crippen molar-refractivity contribution in [3.8, 4) is 11.5 Å². The van der Waals surface area contributed by atoms with Crippen LogP contribution in [0.15, 0.2) is 109 Å². The summed E-state index contributed by atoms with van der Waals surface area (Å²) in [7, 11) is 6.54. The van der Waals surface area contributed by atoms with Crippen LogP contribution in [-0.2, 0) is 44.3 Å². The molecule has 0 heterocycles. The third-order valence-corrected chi connectivity index (χ3v) is 8.42. The van der Waals surface area contributed by atoms with Crippen molar-refractivity contribution in [1.29, 1.82) is 0 Å². The number of nitrogens with zero attached hydrogens (tertiary/aromatic N) is 2. The Hall–Kier alpha value is -5.08. The summed E-state index contributed by atoms with van der Waals surface area (Å²) < 4.78 is 102. The van der Waals surface area contributed by atoms with Gasteiger partial charge in [-0.3, -0.25) is 9.80 Å². The molecule has 0 aromatic heterocycles. The van der Waals surface area contributed by atoms with Crippen molar-refractivity contribution in [2.75, 3.05) is 41.4 Å². The van der Waals surface area contributed by atoms with Gasteiger partial charge in [0.05, 0.1) is 24.3 Å². The monoisotopic (exact) mass is 760 g/mol. The number of rotatable bonds is 16. The van der Waals surface area contributed by atoms with E-state index in [-0.39, 0.29) is 24.7 Å². The molecule has 290 valence electrons. The van der Waals surface area contributed by atoms with Gasteiger partial charge in [0, 0.05) is 11.8 Å². The van der Waals surface area contributed by atoms with Crippen molar-refractivity contribution in [3.63, 3.8) is 0 Å². The molecule has 54 heavy (non-hydrogen) atoms. The lowest BCUT2D eigenvalue weighted by molar-refractivity contribution is -0.189. The van der Waals surface area contributed by atoms with Crippen LogP contribution in [0.1, 0.15) is 22.3 Å². The lowest BCUT2D eigenvalue weighted by atomic mass is 9.97. The molecule has 0 bridgehead atoms. The average Bonchev–Trinajstić information content (AvgIpc) is 3.13. The van der Waals surface area contributed by atoms with E-state index < -0.39 is 59.7 Å².